The minimum atomic E-state index is -4.77. The number of halogens is 6. The normalized spacial score (nSPS) is 14.2. The minimum Gasteiger partial charge on any atom is -0.497 e. The van der Waals surface area contributed by atoms with Crippen molar-refractivity contribution in [2.75, 3.05) is 39.8 Å². The maximum Gasteiger partial charge on any atom is 0.573 e. The van der Waals surface area contributed by atoms with Gasteiger partial charge in [0.2, 0.25) is 0 Å². The Morgan fingerprint density at radius 3 is 2.13 bits per heavy atom. The Bertz CT molecular complexity index is 1560. The summed E-state index contributed by atoms with van der Waals surface area (Å²) in [4.78, 5) is 4.83. The van der Waals surface area contributed by atoms with Crippen LogP contribution >= 0.6 is 36.4 Å². The molecule has 0 spiro atoms. The topological polar surface area (TPSA) is 81.9 Å². The average molecular weight is 689 g/mol. The van der Waals surface area contributed by atoms with Gasteiger partial charge in [-0.25, -0.2) is 0 Å². The summed E-state index contributed by atoms with van der Waals surface area (Å²) in [7, 11) is 1.65. The molecule has 3 aromatic carbocycles. The SMILES string of the molecule is COc1ccc(Cl)c(CN2CCN(Cc3ccc4c(c3)c(-c3ccc(OC(F)(F)F)cc3CN)cn4CCCN)CC2)c1.Cl.Cl. The number of ether oxygens (including phenoxy) is 2. The zero-order valence-electron chi connectivity index (χ0n) is 25.0. The molecule has 0 bridgehead atoms. The molecule has 1 aliphatic heterocycles. The van der Waals surface area contributed by atoms with Gasteiger partial charge in [-0.1, -0.05) is 23.7 Å². The first kappa shape index (κ1) is 36.8. The third-order valence-electron chi connectivity index (χ3n) is 7.89. The van der Waals surface area contributed by atoms with Crippen LogP contribution in [-0.2, 0) is 26.2 Å². The molecule has 246 valence electrons. The lowest BCUT2D eigenvalue weighted by Gasteiger charge is -2.35. The number of hydrogen-bond acceptors (Lipinski definition) is 6. The summed E-state index contributed by atoms with van der Waals surface area (Å²) in [6.07, 6.45) is -1.92. The highest BCUT2D eigenvalue weighted by Gasteiger charge is 2.31. The maximum atomic E-state index is 12.8. The van der Waals surface area contributed by atoms with E-state index in [2.05, 4.69) is 37.3 Å². The Hall–Kier alpha value is -2.70. The van der Waals surface area contributed by atoms with Gasteiger partial charge in [0, 0.05) is 80.0 Å². The molecule has 1 aromatic heterocycles. The molecule has 0 amide bonds. The molecule has 13 heteroatoms. The number of methoxy groups -OCH3 is 1. The van der Waals surface area contributed by atoms with E-state index in [9.17, 15) is 13.2 Å². The largest absolute Gasteiger partial charge is 0.573 e. The number of hydrogen-bond donors (Lipinski definition) is 2. The molecule has 5 rings (SSSR count). The molecule has 4 N–H and O–H groups in total. The van der Waals surface area contributed by atoms with Crippen LogP contribution in [0.4, 0.5) is 13.2 Å². The molecule has 1 saturated heterocycles. The lowest BCUT2D eigenvalue weighted by atomic mass is 9.98. The van der Waals surface area contributed by atoms with Crippen LogP contribution in [-0.4, -0.2) is 60.6 Å². The van der Waals surface area contributed by atoms with Crippen LogP contribution in [0.25, 0.3) is 22.0 Å². The number of benzene rings is 3. The van der Waals surface area contributed by atoms with E-state index in [0.717, 1.165) is 90.6 Å². The molecule has 1 fully saturated rings. The summed E-state index contributed by atoms with van der Waals surface area (Å²) in [5.41, 5.74) is 17.4. The molecular weight excluding hydrogens is 650 g/mol. The van der Waals surface area contributed by atoms with Gasteiger partial charge in [0.25, 0.3) is 0 Å². The molecule has 0 aliphatic carbocycles. The first-order chi connectivity index (χ1) is 20.7. The van der Waals surface area contributed by atoms with Crippen molar-refractivity contribution >= 4 is 47.3 Å². The van der Waals surface area contributed by atoms with Crippen molar-refractivity contribution in [3.05, 3.63) is 82.5 Å². The monoisotopic (exact) mass is 687 g/mol. The Labute approximate surface area is 279 Å². The number of nitrogens with two attached hydrogens (primary N) is 2. The Morgan fingerprint density at radius 2 is 1.49 bits per heavy atom. The molecule has 2 heterocycles. The number of rotatable bonds is 11. The lowest BCUT2D eigenvalue weighted by molar-refractivity contribution is -0.274. The predicted molar refractivity (Wildman–Crippen MR) is 179 cm³/mol. The highest BCUT2D eigenvalue weighted by molar-refractivity contribution is 6.31. The van der Waals surface area contributed by atoms with Gasteiger partial charge in [0.15, 0.2) is 0 Å². The molecular formula is C32H39Cl3F3N5O2. The van der Waals surface area contributed by atoms with E-state index in [1.54, 1.807) is 13.2 Å². The van der Waals surface area contributed by atoms with Crippen LogP contribution in [0.1, 0.15) is 23.1 Å². The number of nitrogens with zero attached hydrogens (tertiary/aromatic N) is 3. The second-order valence-electron chi connectivity index (χ2n) is 10.8. The highest BCUT2D eigenvalue weighted by atomic mass is 35.5. The fraction of sp³-hybridized carbons (Fsp3) is 0.375. The number of piperazine rings is 1. The standard InChI is InChI=1S/C32H37ClF3N5O2.2ClH/c1-42-25-5-7-30(33)24(17-25)20-40-13-11-39(12-14-40)19-22-3-8-31-28(15-22)29(21-41(31)10-2-9-37)27-6-4-26(16-23(27)18-38)43-32(34,35)36;;/h3-8,15-17,21H,2,9-14,18-20,37-38H2,1H3;2*1H. The summed E-state index contributed by atoms with van der Waals surface area (Å²) in [6, 6.07) is 16.6. The zero-order chi connectivity index (χ0) is 30.6. The van der Waals surface area contributed by atoms with Gasteiger partial charge in [-0.05, 0) is 77.7 Å². The van der Waals surface area contributed by atoms with Gasteiger partial charge in [-0.3, -0.25) is 9.80 Å². The van der Waals surface area contributed by atoms with Gasteiger partial charge in [0.1, 0.15) is 11.5 Å². The van der Waals surface area contributed by atoms with Crippen molar-refractivity contribution in [2.45, 2.75) is 39.0 Å². The van der Waals surface area contributed by atoms with Crippen molar-refractivity contribution < 1.29 is 22.6 Å². The van der Waals surface area contributed by atoms with E-state index in [1.165, 1.54) is 17.7 Å². The average Bonchev–Trinajstić information content (AvgIpc) is 3.34. The molecule has 1 aliphatic rings. The van der Waals surface area contributed by atoms with Gasteiger partial charge in [0.05, 0.1) is 7.11 Å². The van der Waals surface area contributed by atoms with Crippen LogP contribution in [0.5, 0.6) is 11.5 Å². The third kappa shape index (κ3) is 9.19. The van der Waals surface area contributed by atoms with E-state index in [4.69, 9.17) is 27.8 Å². The molecule has 0 atom stereocenters. The maximum absolute atomic E-state index is 12.8. The van der Waals surface area contributed by atoms with E-state index >= 15 is 0 Å². The number of alkyl halides is 3. The van der Waals surface area contributed by atoms with Crippen molar-refractivity contribution in [3.63, 3.8) is 0 Å². The van der Waals surface area contributed by atoms with Crippen LogP contribution in [0.15, 0.2) is 60.8 Å². The first-order valence-electron chi connectivity index (χ1n) is 14.4. The van der Waals surface area contributed by atoms with Crippen molar-refractivity contribution in [2.24, 2.45) is 11.5 Å². The molecule has 45 heavy (non-hydrogen) atoms. The van der Waals surface area contributed by atoms with E-state index in [1.807, 2.05) is 24.4 Å². The van der Waals surface area contributed by atoms with Gasteiger partial charge in [-0.2, -0.15) is 0 Å². The second kappa shape index (κ2) is 16.2. The lowest BCUT2D eigenvalue weighted by Crippen LogP contribution is -2.45. The summed E-state index contributed by atoms with van der Waals surface area (Å²) >= 11 is 6.44. The third-order valence-corrected chi connectivity index (χ3v) is 8.26. The fourth-order valence-electron chi connectivity index (χ4n) is 5.71. The molecule has 4 aromatic rings. The Morgan fingerprint density at radius 1 is 0.822 bits per heavy atom. The van der Waals surface area contributed by atoms with Gasteiger partial charge in [-0.15, -0.1) is 38.0 Å². The zero-order valence-corrected chi connectivity index (χ0v) is 27.4. The van der Waals surface area contributed by atoms with Crippen LogP contribution in [0.3, 0.4) is 0 Å². The predicted octanol–water partition coefficient (Wildman–Crippen LogP) is 6.84. The minimum absolute atomic E-state index is 0. The molecule has 0 saturated carbocycles. The quantitative estimate of drug-likeness (QED) is 0.180. The van der Waals surface area contributed by atoms with E-state index in [-0.39, 0.29) is 37.1 Å². The number of fused-ring (bicyclic) bond motifs is 1. The highest BCUT2D eigenvalue weighted by Crippen LogP contribution is 2.36. The summed E-state index contributed by atoms with van der Waals surface area (Å²) < 4.78 is 50.2. The van der Waals surface area contributed by atoms with Crippen LogP contribution in [0, 0.1) is 0 Å². The van der Waals surface area contributed by atoms with Crippen LogP contribution < -0.4 is 20.9 Å². The summed E-state index contributed by atoms with van der Waals surface area (Å²) in [5.74, 6) is 0.519. The molecule has 0 unspecified atom stereocenters. The molecule has 0 radical (unpaired) electrons. The van der Waals surface area contributed by atoms with Crippen LogP contribution in [0.2, 0.25) is 5.02 Å². The van der Waals surface area contributed by atoms with Gasteiger partial charge < -0.3 is 25.5 Å². The number of aryl methyl sites for hydroxylation is 1. The summed E-state index contributed by atoms with van der Waals surface area (Å²) in [6.45, 7) is 6.60. The van der Waals surface area contributed by atoms with Crippen molar-refractivity contribution in [3.8, 4) is 22.6 Å². The number of aromatic nitrogens is 1. The van der Waals surface area contributed by atoms with Gasteiger partial charge >= 0.3 is 6.36 Å². The fourth-order valence-corrected chi connectivity index (χ4v) is 5.88. The van der Waals surface area contributed by atoms with E-state index in [0.29, 0.717) is 12.1 Å². The van der Waals surface area contributed by atoms with Crippen molar-refractivity contribution in [1.29, 1.82) is 0 Å². The second-order valence-corrected chi connectivity index (χ2v) is 11.2. The summed E-state index contributed by atoms with van der Waals surface area (Å²) in [5, 5.41) is 1.77. The van der Waals surface area contributed by atoms with Crippen molar-refractivity contribution in [1.82, 2.24) is 14.4 Å². The van der Waals surface area contributed by atoms with E-state index < -0.39 is 6.36 Å². The Kier molecular flexibility index (Phi) is 13.3. The first-order valence-corrected chi connectivity index (χ1v) is 14.7. The smallest absolute Gasteiger partial charge is 0.497 e. The Balaban J connectivity index is 0.00000276. The molecule has 7 nitrogen and oxygen atoms in total.